The van der Waals surface area contributed by atoms with Gasteiger partial charge >= 0.3 is 5.97 Å². The van der Waals surface area contributed by atoms with E-state index in [-0.39, 0.29) is 27.7 Å². The van der Waals surface area contributed by atoms with Crippen LogP contribution in [-0.4, -0.2) is 66.6 Å². The second-order valence-corrected chi connectivity index (χ2v) is 9.72. The van der Waals surface area contributed by atoms with Crippen LogP contribution in [0.4, 0.5) is 5.82 Å². The van der Waals surface area contributed by atoms with E-state index in [1.54, 1.807) is 24.3 Å². The zero-order valence-electron chi connectivity index (χ0n) is 21.5. The Morgan fingerprint density at radius 3 is 2.48 bits per heavy atom. The van der Waals surface area contributed by atoms with Crippen LogP contribution in [0.1, 0.15) is 45.7 Å². The molecule has 4 N–H and O–H groups in total. The quantitative estimate of drug-likeness (QED) is 0.0780. The molecule has 0 spiro atoms. The second-order valence-electron chi connectivity index (χ2n) is 8.33. The number of carbonyl (C=O) groups excluding carboxylic acids is 3. The summed E-state index contributed by atoms with van der Waals surface area (Å²) in [6, 6.07) is 12.8. The maximum Gasteiger partial charge on any atom is 0.328 e. The molecule has 1 aromatic carbocycles. The number of methoxy groups -OCH3 is 1. The first-order chi connectivity index (χ1) is 19.2. The van der Waals surface area contributed by atoms with Gasteiger partial charge in [-0.2, -0.15) is 13.5 Å². The number of unbranched alkanes of at least 4 members (excludes halogenated alkanes) is 1. The van der Waals surface area contributed by atoms with Crippen LogP contribution in [0.25, 0.3) is 0 Å². The summed E-state index contributed by atoms with van der Waals surface area (Å²) in [6.07, 6.45) is 5.41. The van der Waals surface area contributed by atoms with E-state index in [2.05, 4.69) is 31.1 Å². The molecule has 2 aromatic heterocycles. The number of benzene rings is 1. The topological polar surface area (TPSA) is 189 Å². The van der Waals surface area contributed by atoms with Gasteiger partial charge in [0.25, 0.3) is 21.9 Å². The summed E-state index contributed by atoms with van der Waals surface area (Å²) in [5.74, 6) is -1.17. The van der Waals surface area contributed by atoms with Crippen LogP contribution in [0, 0.1) is 0 Å². The Labute approximate surface area is 230 Å². The van der Waals surface area contributed by atoms with Crippen molar-refractivity contribution in [2.75, 3.05) is 19.1 Å². The van der Waals surface area contributed by atoms with E-state index in [1.165, 1.54) is 56.0 Å². The van der Waals surface area contributed by atoms with Crippen molar-refractivity contribution in [1.29, 1.82) is 0 Å². The fourth-order valence-corrected chi connectivity index (χ4v) is 4.15. The number of rotatable bonds is 13. The van der Waals surface area contributed by atoms with Gasteiger partial charge in [-0.05, 0) is 49.6 Å². The molecule has 2 amide bonds. The molecule has 0 fully saturated rings. The van der Waals surface area contributed by atoms with E-state index < -0.39 is 28.0 Å². The standard InChI is InChI=1S/C26H28N6O7S/c1-39-26(35)21(10-5-7-15-28-25(34)20-9-4-6-14-27-20)31-24(33)19-12-13-23(29-16-19)32-30-17-18-8-2-3-11-22(18)40(36,37)38/h2-4,6,8-9,11-14,16-17,21H,5,7,10,15H2,1H3,(H,28,34)(H,29,32)(H,31,33)(H,36,37,38)/b30-17+. The van der Waals surface area contributed by atoms with Crippen molar-refractivity contribution >= 4 is 39.9 Å². The third-order valence-corrected chi connectivity index (χ3v) is 6.43. The number of carbonyl (C=O) groups is 3. The van der Waals surface area contributed by atoms with Gasteiger partial charge in [0.05, 0.1) is 18.9 Å². The maximum atomic E-state index is 12.7. The van der Waals surface area contributed by atoms with Crippen LogP contribution in [0.5, 0.6) is 0 Å². The van der Waals surface area contributed by atoms with Crippen molar-refractivity contribution in [3.63, 3.8) is 0 Å². The predicted molar refractivity (Wildman–Crippen MR) is 145 cm³/mol. The van der Waals surface area contributed by atoms with Gasteiger partial charge in [-0.15, -0.1) is 0 Å². The van der Waals surface area contributed by atoms with Crippen molar-refractivity contribution in [2.45, 2.75) is 30.2 Å². The number of amides is 2. The largest absolute Gasteiger partial charge is 0.467 e. The van der Waals surface area contributed by atoms with Crippen LogP contribution >= 0.6 is 0 Å². The summed E-state index contributed by atoms with van der Waals surface area (Å²) in [4.78, 5) is 44.7. The Morgan fingerprint density at radius 2 is 1.80 bits per heavy atom. The molecule has 0 aliphatic carbocycles. The summed E-state index contributed by atoms with van der Waals surface area (Å²) in [5.41, 5.74) is 3.27. The molecular weight excluding hydrogens is 540 g/mol. The number of nitrogens with zero attached hydrogens (tertiary/aromatic N) is 3. The maximum absolute atomic E-state index is 12.7. The minimum absolute atomic E-state index is 0.165. The zero-order valence-corrected chi connectivity index (χ0v) is 22.3. The third-order valence-electron chi connectivity index (χ3n) is 5.50. The SMILES string of the molecule is COC(=O)C(CCCCNC(=O)c1ccccn1)NC(=O)c1ccc(N/N=C/c2ccccc2S(=O)(=O)O)nc1. The number of nitrogens with one attached hydrogen (secondary N) is 3. The highest BCUT2D eigenvalue weighted by Crippen LogP contribution is 2.13. The summed E-state index contributed by atoms with van der Waals surface area (Å²) in [6.45, 7) is 0.375. The van der Waals surface area contributed by atoms with Gasteiger partial charge in [0.1, 0.15) is 22.4 Å². The minimum atomic E-state index is -4.42. The molecule has 40 heavy (non-hydrogen) atoms. The van der Waals surface area contributed by atoms with Gasteiger partial charge in [-0.1, -0.05) is 24.3 Å². The highest BCUT2D eigenvalue weighted by atomic mass is 32.2. The first kappa shape index (κ1) is 29.9. The van der Waals surface area contributed by atoms with E-state index in [0.717, 1.165) is 0 Å². The molecule has 0 radical (unpaired) electrons. The van der Waals surface area contributed by atoms with Gasteiger partial charge in [0.15, 0.2) is 0 Å². The first-order valence-electron chi connectivity index (χ1n) is 12.1. The number of anilines is 1. The molecule has 3 aromatic rings. The predicted octanol–water partition coefficient (Wildman–Crippen LogP) is 2.04. The number of aromatic nitrogens is 2. The highest BCUT2D eigenvalue weighted by Gasteiger charge is 2.22. The van der Waals surface area contributed by atoms with E-state index in [0.29, 0.717) is 31.5 Å². The zero-order chi connectivity index (χ0) is 29.0. The van der Waals surface area contributed by atoms with E-state index in [9.17, 15) is 27.4 Å². The first-order valence-corrected chi connectivity index (χ1v) is 13.5. The lowest BCUT2D eigenvalue weighted by atomic mass is 10.1. The molecule has 14 heteroatoms. The molecule has 0 saturated heterocycles. The number of hydrogen-bond acceptors (Lipinski definition) is 10. The average Bonchev–Trinajstić information content (AvgIpc) is 2.96. The van der Waals surface area contributed by atoms with Crippen molar-refractivity contribution in [1.82, 2.24) is 20.6 Å². The van der Waals surface area contributed by atoms with Gasteiger partial charge in [0, 0.05) is 24.5 Å². The number of pyridine rings is 2. The smallest absolute Gasteiger partial charge is 0.328 e. The number of esters is 1. The normalized spacial score (nSPS) is 11.9. The van der Waals surface area contributed by atoms with Crippen LogP contribution in [-0.2, 0) is 19.6 Å². The van der Waals surface area contributed by atoms with Gasteiger partial charge in [-0.3, -0.25) is 24.6 Å². The molecule has 0 aliphatic rings. The lowest BCUT2D eigenvalue weighted by molar-refractivity contribution is -0.143. The Morgan fingerprint density at radius 1 is 1.02 bits per heavy atom. The summed E-state index contributed by atoms with van der Waals surface area (Å²) >= 11 is 0. The average molecular weight is 569 g/mol. The summed E-state index contributed by atoms with van der Waals surface area (Å²) in [7, 11) is -3.19. The van der Waals surface area contributed by atoms with Gasteiger partial charge in [-0.25, -0.2) is 9.78 Å². The van der Waals surface area contributed by atoms with Gasteiger partial charge < -0.3 is 15.4 Å². The van der Waals surface area contributed by atoms with Crippen LogP contribution in [0.2, 0.25) is 0 Å². The minimum Gasteiger partial charge on any atom is -0.467 e. The number of hydrogen-bond donors (Lipinski definition) is 4. The van der Waals surface area contributed by atoms with Crippen molar-refractivity contribution < 1.29 is 32.1 Å². The molecule has 13 nitrogen and oxygen atoms in total. The molecular formula is C26H28N6O7S. The highest BCUT2D eigenvalue weighted by molar-refractivity contribution is 7.86. The van der Waals surface area contributed by atoms with E-state index >= 15 is 0 Å². The second kappa shape index (κ2) is 14.5. The van der Waals surface area contributed by atoms with Crippen LogP contribution in [0.3, 0.4) is 0 Å². The van der Waals surface area contributed by atoms with Crippen molar-refractivity contribution in [3.05, 3.63) is 83.8 Å². The van der Waals surface area contributed by atoms with Crippen LogP contribution < -0.4 is 16.1 Å². The Bertz CT molecular complexity index is 1450. The summed E-state index contributed by atoms with van der Waals surface area (Å²) < 4.78 is 37.0. The molecule has 1 atom stereocenters. The fraction of sp³-hybridized carbons (Fsp3) is 0.231. The molecule has 210 valence electrons. The van der Waals surface area contributed by atoms with Gasteiger partial charge in [0.2, 0.25) is 0 Å². The Balaban J connectivity index is 1.50. The summed E-state index contributed by atoms with van der Waals surface area (Å²) in [5, 5.41) is 9.30. The van der Waals surface area contributed by atoms with Crippen LogP contribution in [0.15, 0.2) is 77.0 Å². The molecule has 1 unspecified atom stereocenters. The Kier molecular flexibility index (Phi) is 10.8. The lowest BCUT2D eigenvalue weighted by Crippen LogP contribution is -2.41. The number of ether oxygens (including phenoxy) is 1. The molecule has 0 aliphatic heterocycles. The van der Waals surface area contributed by atoms with E-state index in [4.69, 9.17) is 4.74 Å². The van der Waals surface area contributed by atoms with Crippen molar-refractivity contribution in [2.24, 2.45) is 5.10 Å². The molecule has 0 bridgehead atoms. The van der Waals surface area contributed by atoms with Crippen molar-refractivity contribution in [3.8, 4) is 0 Å². The van der Waals surface area contributed by atoms with E-state index in [1.807, 2.05) is 0 Å². The molecule has 0 saturated carbocycles. The third kappa shape index (κ3) is 8.96. The molecule has 3 rings (SSSR count). The Hall–Kier alpha value is -4.69. The monoisotopic (exact) mass is 568 g/mol. The fourth-order valence-electron chi connectivity index (χ4n) is 3.48. The number of hydrazone groups is 1. The molecule has 2 heterocycles. The lowest BCUT2D eigenvalue weighted by Gasteiger charge is -2.16.